The highest BCUT2D eigenvalue weighted by Crippen LogP contribution is 2.43. The summed E-state index contributed by atoms with van der Waals surface area (Å²) in [4.78, 5) is 35.2. The summed E-state index contributed by atoms with van der Waals surface area (Å²) >= 11 is 0. The summed E-state index contributed by atoms with van der Waals surface area (Å²) in [5, 5.41) is 49.6. The smallest absolute Gasteiger partial charge is 0.462 e. The highest BCUT2D eigenvalue weighted by molar-refractivity contribution is 7.47. The van der Waals surface area contributed by atoms with E-state index in [1.165, 1.54) is 51.4 Å². The van der Waals surface area contributed by atoms with Crippen molar-refractivity contribution < 1.29 is 63.1 Å². The van der Waals surface area contributed by atoms with E-state index in [4.69, 9.17) is 19.1 Å². The number of ether oxygens (including phenoxy) is 2. The van der Waals surface area contributed by atoms with Gasteiger partial charge in [-0.2, -0.15) is 0 Å². The third-order valence-corrected chi connectivity index (χ3v) is 11.3. The zero-order valence-corrected chi connectivity index (χ0v) is 36.2. The van der Waals surface area contributed by atoms with Crippen molar-refractivity contribution in [2.75, 3.05) is 26.4 Å². The molecule has 13 nitrogen and oxygen atoms in total. The molecule has 0 aliphatic heterocycles. The fourth-order valence-electron chi connectivity index (χ4n) is 6.88. The van der Waals surface area contributed by atoms with Gasteiger partial charge in [0.25, 0.3) is 0 Å². The molecule has 0 radical (unpaired) electrons. The molecule has 0 aromatic heterocycles. The number of unbranched alkanes of at least 4 members (excludes halogenated alkanes) is 13. The first-order valence-electron chi connectivity index (χ1n) is 21.9. The van der Waals surface area contributed by atoms with Crippen LogP contribution in [0.25, 0.3) is 0 Å². The van der Waals surface area contributed by atoms with E-state index in [-0.39, 0.29) is 31.1 Å². The largest absolute Gasteiger partial charge is 0.472 e. The van der Waals surface area contributed by atoms with Gasteiger partial charge in [0.05, 0.1) is 38.1 Å². The predicted molar refractivity (Wildman–Crippen MR) is 221 cm³/mol. The number of esters is 2. The Labute approximate surface area is 343 Å². The Bertz CT molecular complexity index is 1130. The summed E-state index contributed by atoms with van der Waals surface area (Å²) in [7, 11) is -4.67. The topological polar surface area (TPSA) is 210 Å². The molecule has 1 fully saturated rings. The molecule has 0 aromatic carbocycles. The number of aliphatic hydroxyl groups excluding tert-OH is 5. The van der Waals surface area contributed by atoms with Gasteiger partial charge < -0.3 is 39.9 Å². The molecule has 0 aromatic rings. The Hall–Kier alpha value is -1.67. The Balaban J connectivity index is 2.48. The minimum Gasteiger partial charge on any atom is -0.462 e. The average Bonchev–Trinajstić information content (AvgIpc) is 3.44. The maximum Gasteiger partial charge on any atom is 0.472 e. The van der Waals surface area contributed by atoms with Crippen molar-refractivity contribution in [1.82, 2.24) is 0 Å². The standard InChI is InChI=1S/C43H79O13P/c1-4-5-17-23-35(45)27-28-39-38(40(47)29-41(39)48)24-19-15-16-20-25-42(49)53-32-37(33-55-57(51,52)54-31-36(46)30-44)56-43(50)26-21-14-12-10-8-6-7-9-11-13-18-22-34(2)3/h15,19,27-28,34-41,44-48H,4-14,16-18,20-26,29-33H2,1-3H3,(H,51,52)/b19-15+,28-27+/t35-,36-,37+,38+,39+,40-,41+/m0/s1. The van der Waals surface area contributed by atoms with Crippen molar-refractivity contribution in [1.29, 1.82) is 0 Å². The van der Waals surface area contributed by atoms with Crippen LogP contribution < -0.4 is 0 Å². The molecule has 57 heavy (non-hydrogen) atoms. The van der Waals surface area contributed by atoms with Gasteiger partial charge in [0, 0.05) is 25.2 Å². The number of hydrogen-bond donors (Lipinski definition) is 6. The zero-order valence-electron chi connectivity index (χ0n) is 35.3. The molecule has 6 N–H and O–H groups in total. The Morgan fingerprint density at radius 3 is 1.98 bits per heavy atom. The van der Waals surface area contributed by atoms with Gasteiger partial charge in [-0.3, -0.25) is 18.6 Å². The van der Waals surface area contributed by atoms with E-state index in [1.807, 2.05) is 18.2 Å². The van der Waals surface area contributed by atoms with E-state index < -0.39 is 76.7 Å². The van der Waals surface area contributed by atoms with Crippen molar-refractivity contribution >= 4 is 19.8 Å². The van der Waals surface area contributed by atoms with E-state index in [9.17, 15) is 39.5 Å². The first-order chi connectivity index (χ1) is 27.3. The number of rotatable bonds is 36. The molecule has 0 bridgehead atoms. The first-order valence-corrected chi connectivity index (χ1v) is 23.4. The summed E-state index contributed by atoms with van der Waals surface area (Å²) < 4.78 is 32.7. The number of phosphoric ester groups is 1. The second-order valence-electron chi connectivity index (χ2n) is 16.2. The van der Waals surface area contributed by atoms with Gasteiger partial charge in [-0.25, -0.2) is 4.57 Å². The zero-order chi connectivity index (χ0) is 42.3. The van der Waals surface area contributed by atoms with Crippen LogP contribution >= 0.6 is 7.82 Å². The fourth-order valence-corrected chi connectivity index (χ4v) is 7.67. The van der Waals surface area contributed by atoms with Gasteiger partial charge in [0.1, 0.15) is 12.7 Å². The van der Waals surface area contributed by atoms with Crippen molar-refractivity contribution in [2.24, 2.45) is 17.8 Å². The number of aliphatic hydroxyl groups is 5. The lowest BCUT2D eigenvalue weighted by atomic mass is 9.89. The summed E-state index contributed by atoms with van der Waals surface area (Å²) in [6.07, 6.45) is 22.5. The molecule has 14 heteroatoms. The molecular formula is C43H79O13P. The van der Waals surface area contributed by atoms with Gasteiger partial charge in [0.15, 0.2) is 6.10 Å². The second kappa shape index (κ2) is 33.1. The van der Waals surface area contributed by atoms with Crippen LogP contribution in [0.1, 0.15) is 162 Å². The fraction of sp³-hybridized carbons (Fsp3) is 0.860. The summed E-state index contributed by atoms with van der Waals surface area (Å²) in [6.45, 7) is 4.31. The van der Waals surface area contributed by atoms with Crippen LogP contribution in [-0.2, 0) is 32.7 Å². The highest BCUT2D eigenvalue weighted by Gasteiger charge is 2.39. The number of carbonyl (C=O) groups excluding carboxylic acids is 2. The number of allylic oxidation sites excluding steroid dienone is 2. The van der Waals surface area contributed by atoms with Crippen molar-refractivity contribution in [3.05, 3.63) is 24.3 Å². The Kier molecular flexibility index (Phi) is 31.0. The lowest BCUT2D eigenvalue weighted by Crippen LogP contribution is -2.29. The molecule has 0 heterocycles. The van der Waals surface area contributed by atoms with Gasteiger partial charge >= 0.3 is 19.8 Å². The average molecular weight is 835 g/mol. The number of phosphoric acid groups is 1. The molecule has 1 aliphatic carbocycles. The molecule has 0 spiro atoms. The van der Waals surface area contributed by atoms with Crippen LogP contribution in [0.4, 0.5) is 0 Å². The van der Waals surface area contributed by atoms with Gasteiger partial charge in [-0.15, -0.1) is 0 Å². The van der Waals surface area contributed by atoms with Crippen LogP contribution in [0.2, 0.25) is 0 Å². The van der Waals surface area contributed by atoms with Crippen LogP contribution in [0.15, 0.2) is 24.3 Å². The van der Waals surface area contributed by atoms with Crippen LogP contribution in [0.3, 0.4) is 0 Å². The highest BCUT2D eigenvalue weighted by atomic mass is 31.2. The molecule has 0 saturated heterocycles. The molecule has 0 amide bonds. The van der Waals surface area contributed by atoms with Crippen LogP contribution in [-0.4, -0.2) is 99.3 Å². The number of carbonyl (C=O) groups is 2. The van der Waals surface area contributed by atoms with Gasteiger partial charge in [-0.1, -0.05) is 135 Å². The third kappa shape index (κ3) is 28.4. The minimum atomic E-state index is -4.67. The molecular weight excluding hydrogens is 755 g/mol. The molecule has 1 saturated carbocycles. The quantitative estimate of drug-likeness (QED) is 0.0155. The predicted octanol–water partition coefficient (Wildman–Crippen LogP) is 7.63. The molecule has 334 valence electrons. The lowest BCUT2D eigenvalue weighted by molar-refractivity contribution is -0.161. The monoisotopic (exact) mass is 835 g/mol. The normalized spacial score (nSPS) is 21.3. The van der Waals surface area contributed by atoms with Crippen molar-refractivity contribution in [3.63, 3.8) is 0 Å². The maximum absolute atomic E-state index is 12.6. The first kappa shape index (κ1) is 53.3. The van der Waals surface area contributed by atoms with Crippen LogP contribution in [0.5, 0.6) is 0 Å². The van der Waals surface area contributed by atoms with Gasteiger partial charge in [-0.05, 0) is 43.9 Å². The molecule has 1 unspecified atom stereocenters. The second-order valence-corrected chi connectivity index (χ2v) is 17.6. The Morgan fingerprint density at radius 2 is 1.35 bits per heavy atom. The molecule has 1 aliphatic rings. The SMILES string of the molecule is CCCCC[C@H](O)/C=C/[C@@H]1[C@@H](C/C=C/CCCC(=O)OC[C@H](COP(=O)(O)OC[C@@H](O)CO)OC(=O)CCCCCCCCCCCCCC(C)C)[C@@H](O)C[C@H]1O. The van der Waals surface area contributed by atoms with E-state index in [1.54, 1.807) is 6.08 Å². The Morgan fingerprint density at radius 1 is 0.754 bits per heavy atom. The maximum atomic E-state index is 12.6. The van der Waals surface area contributed by atoms with E-state index >= 15 is 0 Å². The molecule has 8 atom stereocenters. The van der Waals surface area contributed by atoms with E-state index in [0.29, 0.717) is 32.1 Å². The van der Waals surface area contributed by atoms with Crippen molar-refractivity contribution in [3.8, 4) is 0 Å². The minimum absolute atomic E-state index is 0.0663. The molecule has 1 rings (SSSR count). The van der Waals surface area contributed by atoms with Crippen molar-refractivity contribution in [2.45, 2.75) is 193 Å². The number of hydrogen-bond acceptors (Lipinski definition) is 12. The lowest BCUT2D eigenvalue weighted by Gasteiger charge is -2.20. The van der Waals surface area contributed by atoms with E-state index in [2.05, 4.69) is 25.3 Å². The van der Waals surface area contributed by atoms with Crippen LogP contribution in [0, 0.1) is 17.8 Å². The summed E-state index contributed by atoms with van der Waals surface area (Å²) in [5.74, 6) is -0.767. The van der Waals surface area contributed by atoms with E-state index in [0.717, 1.165) is 44.4 Å². The summed E-state index contributed by atoms with van der Waals surface area (Å²) in [6, 6.07) is 0. The third-order valence-electron chi connectivity index (χ3n) is 10.4. The van der Waals surface area contributed by atoms with Gasteiger partial charge in [0.2, 0.25) is 0 Å². The summed E-state index contributed by atoms with van der Waals surface area (Å²) in [5.41, 5.74) is 0.